The number of carbonyl (C=O) groups excluding carboxylic acids is 1. The van der Waals surface area contributed by atoms with E-state index in [0.29, 0.717) is 12.1 Å². The van der Waals surface area contributed by atoms with Gasteiger partial charge in [0.25, 0.3) is 5.91 Å². The second kappa shape index (κ2) is 10.1. The van der Waals surface area contributed by atoms with E-state index in [1.807, 2.05) is 0 Å². The predicted octanol–water partition coefficient (Wildman–Crippen LogP) is 2.41. The summed E-state index contributed by atoms with van der Waals surface area (Å²) in [7, 11) is -5.65. The van der Waals surface area contributed by atoms with Crippen molar-refractivity contribution in [1.29, 1.82) is 0 Å². The van der Waals surface area contributed by atoms with Crippen molar-refractivity contribution in [2.24, 2.45) is 0 Å². The molecule has 2 rings (SSSR count). The highest BCUT2D eigenvalue weighted by Crippen LogP contribution is 2.18. The number of imidazole rings is 1. The van der Waals surface area contributed by atoms with E-state index in [1.165, 1.54) is 43.8 Å². The van der Waals surface area contributed by atoms with Gasteiger partial charge in [-0.25, -0.2) is 30.9 Å². The van der Waals surface area contributed by atoms with Gasteiger partial charge >= 0.3 is 0 Å². The number of nitrogens with one attached hydrogen (secondary N) is 1. The zero-order chi connectivity index (χ0) is 22.4. The highest BCUT2D eigenvalue weighted by atomic mass is 32.2. The number of carbonyl (C=O) groups is 1. The van der Waals surface area contributed by atoms with Crippen LogP contribution in [0.3, 0.4) is 0 Å². The SMILES string of the molecule is CCCCCCCS(=O)(=O)c1ccc(NC(=O)c2cncn2N(C)S(C)(=O)=O)cc1. The van der Waals surface area contributed by atoms with Crippen LogP contribution in [0.1, 0.15) is 49.5 Å². The van der Waals surface area contributed by atoms with Crippen LogP contribution in [0.15, 0.2) is 41.7 Å². The van der Waals surface area contributed by atoms with E-state index in [0.717, 1.165) is 41.0 Å². The molecule has 0 unspecified atom stereocenters. The van der Waals surface area contributed by atoms with E-state index in [1.54, 1.807) is 0 Å². The average molecular weight is 457 g/mol. The minimum absolute atomic E-state index is 0.0201. The van der Waals surface area contributed by atoms with E-state index < -0.39 is 25.8 Å². The van der Waals surface area contributed by atoms with Gasteiger partial charge in [-0.15, -0.1) is 0 Å². The van der Waals surface area contributed by atoms with Crippen molar-refractivity contribution in [3.8, 4) is 0 Å². The molecule has 0 saturated heterocycles. The number of hydrogen-bond donors (Lipinski definition) is 1. The van der Waals surface area contributed by atoms with Crippen molar-refractivity contribution in [2.75, 3.05) is 28.8 Å². The summed E-state index contributed by atoms with van der Waals surface area (Å²) in [6.07, 6.45) is 8.22. The van der Waals surface area contributed by atoms with E-state index in [4.69, 9.17) is 0 Å². The highest BCUT2D eigenvalue weighted by Gasteiger charge is 2.20. The first kappa shape index (κ1) is 23.9. The van der Waals surface area contributed by atoms with Crippen molar-refractivity contribution >= 4 is 31.5 Å². The summed E-state index contributed by atoms with van der Waals surface area (Å²) in [5.41, 5.74) is 0.406. The summed E-state index contributed by atoms with van der Waals surface area (Å²) < 4.78 is 50.3. The van der Waals surface area contributed by atoms with Crippen molar-refractivity contribution in [3.63, 3.8) is 0 Å². The number of amides is 1. The molecule has 0 aliphatic carbocycles. The van der Waals surface area contributed by atoms with E-state index in [2.05, 4.69) is 17.2 Å². The summed E-state index contributed by atoms with van der Waals surface area (Å²) in [6, 6.07) is 5.92. The van der Waals surface area contributed by atoms with Crippen LogP contribution >= 0.6 is 0 Å². The third kappa shape index (κ3) is 6.30. The molecule has 11 heteroatoms. The lowest BCUT2D eigenvalue weighted by Gasteiger charge is -2.19. The molecule has 1 aromatic heterocycles. The van der Waals surface area contributed by atoms with Gasteiger partial charge in [0.2, 0.25) is 10.0 Å². The Bertz CT molecular complexity index is 1060. The van der Waals surface area contributed by atoms with E-state index >= 15 is 0 Å². The molecule has 166 valence electrons. The van der Waals surface area contributed by atoms with Crippen LogP contribution in [0, 0.1) is 0 Å². The Morgan fingerprint density at radius 3 is 2.30 bits per heavy atom. The minimum atomic E-state index is -3.58. The minimum Gasteiger partial charge on any atom is -0.321 e. The first-order valence-corrected chi connectivity index (χ1v) is 13.2. The standard InChI is InChI=1S/C19H28N4O5S2/c1-4-5-6-7-8-13-30(27,28)17-11-9-16(10-12-17)21-19(24)18-14-20-15-23(18)22(2)29(3,25)26/h9-12,14-15H,4-8,13H2,1-3H3,(H,21,24). The molecule has 1 N–H and O–H groups in total. The number of nitrogens with zero attached hydrogens (tertiary/aromatic N) is 3. The fourth-order valence-electron chi connectivity index (χ4n) is 2.79. The van der Waals surface area contributed by atoms with Gasteiger partial charge in [0.15, 0.2) is 9.84 Å². The third-order valence-corrected chi connectivity index (χ3v) is 7.58. The van der Waals surface area contributed by atoms with Crippen molar-refractivity contribution < 1.29 is 21.6 Å². The molecule has 0 spiro atoms. The van der Waals surface area contributed by atoms with Crippen molar-refractivity contribution in [1.82, 2.24) is 9.66 Å². The molecule has 9 nitrogen and oxygen atoms in total. The van der Waals surface area contributed by atoms with Crippen LogP contribution in [0.4, 0.5) is 5.69 Å². The zero-order valence-electron chi connectivity index (χ0n) is 17.4. The molecular formula is C19H28N4O5S2. The quantitative estimate of drug-likeness (QED) is 0.519. The third-order valence-electron chi connectivity index (χ3n) is 4.62. The highest BCUT2D eigenvalue weighted by molar-refractivity contribution is 7.91. The van der Waals surface area contributed by atoms with E-state index in [9.17, 15) is 21.6 Å². The summed E-state index contributed by atoms with van der Waals surface area (Å²) in [5, 5.41) is 2.62. The second-order valence-electron chi connectivity index (χ2n) is 7.03. The maximum absolute atomic E-state index is 12.5. The summed E-state index contributed by atoms with van der Waals surface area (Å²) in [6.45, 7) is 2.11. The van der Waals surface area contributed by atoms with Gasteiger partial charge in [0.1, 0.15) is 12.0 Å². The van der Waals surface area contributed by atoms with Gasteiger partial charge in [-0.05, 0) is 30.7 Å². The Hall–Kier alpha value is -2.40. The summed E-state index contributed by atoms with van der Waals surface area (Å²) in [5.74, 6) is -0.478. The molecule has 0 fully saturated rings. The second-order valence-corrected chi connectivity index (χ2v) is 11.1. The molecular weight excluding hydrogens is 428 g/mol. The fourth-order valence-corrected chi connectivity index (χ4v) is 4.61. The molecule has 30 heavy (non-hydrogen) atoms. The lowest BCUT2D eigenvalue weighted by molar-refractivity contribution is 0.101. The average Bonchev–Trinajstić information content (AvgIpc) is 3.16. The molecule has 2 aromatic rings. The van der Waals surface area contributed by atoms with Gasteiger partial charge in [0, 0.05) is 12.7 Å². The molecule has 0 aliphatic heterocycles. The molecule has 1 aromatic carbocycles. The molecule has 0 radical (unpaired) electrons. The zero-order valence-corrected chi connectivity index (χ0v) is 19.0. The number of benzene rings is 1. The largest absolute Gasteiger partial charge is 0.321 e. The molecule has 0 atom stereocenters. The number of aromatic nitrogens is 2. The van der Waals surface area contributed by atoms with Crippen LogP contribution in [-0.2, 0) is 19.9 Å². The van der Waals surface area contributed by atoms with Gasteiger partial charge < -0.3 is 5.32 Å². The summed E-state index contributed by atoms with van der Waals surface area (Å²) >= 11 is 0. The number of rotatable bonds is 11. The van der Waals surface area contributed by atoms with Crippen molar-refractivity contribution in [2.45, 2.75) is 43.9 Å². The Kier molecular flexibility index (Phi) is 8.02. The molecule has 1 heterocycles. The Morgan fingerprint density at radius 1 is 1.07 bits per heavy atom. The number of sulfone groups is 1. The van der Waals surface area contributed by atoms with Gasteiger partial charge in [-0.2, -0.15) is 0 Å². The van der Waals surface area contributed by atoms with Crippen LogP contribution < -0.4 is 9.73 Å². The number of sulfonamides is 1. The predicted molar refractivity (Wildman–Crippen MR) is 116 cm³/mol. The molecule has 0 saturated carbocycles. The van der Waals surface area contributed by atoms with Crippen LogP contribution in [0.5, 0.6) is 0 Å². The lowest BCUT2D eigenvalue weighted by Crippen LogP contribution is -2.37. The maximum atomic E-state index is 12.5. The van der Waals surface area contributed by atoms with E-state index in [-0.39, 0.29) is 16.3 Å². The summed E-state index contributed by atoms with van der Waals surface area (Å²) in [4.78, 5) is 16.6. The number of unbranched alkanes of at least 4 members (excludes halogenated alkanes) is 4. The van der Waals surface area contributed by atoms with Gasteiger partial charge in [-0.1, -0.05) is 32.6 Å². The normalized spacial score (nSPS) is 12.0. The molecule has 0 bridgehead atoms. The lowest BCUT2D eigenvalue weighted by atomic mass is 10.2. The Labute approximate surface area is 178 Å². The van der Waals surface area contributed by atoms with Gasteiger partial charge in [0.05, 0.1) is 23.1 Å². The van der Waals surface area contributed by atoms with Crippen LogP contribution in [0.25, 0.3) is 0 Å². The Morgan fingerprint density at radius 2 is 1.70 bits per heavy atom. The first-order chi connectivity index (χ1) is 14.1. The van der Waals surface area contributed by atoms with Crippen molar-refractivity contribution in [3.05, 3.63) is 42.5 Å². The topological polar surface area (TPSA) is 118 Å². The maximum Gasteiger partial charge on any atom is 0.275 e. The Balaban J connectivity index is 2.05. The van der Waals surface area contributed by atoms with Crippen LogP contribution in [0.2, 0.25) is 0 Å². The molecule has 0 aliphatic rings. The number of anilines is 1. The monoisotopic (exact) mass is 456 g/mol. The fraction of sp³-hybridized carbons (Fsp3) is 0.474. The smallest absolute Gasteiger partial charge is 0.275 e. The van der Waals surface area contributed by atoms with Crippen LogP contribution in [-0.4, -0.2) is 51.5 Å². The number of hydrogen-bond acceptors (Lipinski definition) is 6. The first-order valence-electron chi connectivity index (χ1n) is 9.67. The van der Waals surface area contributed by atoms with Gasteiger partial charge in [-0.3, -0.25) is 4.79 Å². The molecule has 1 amide bonds.